The summed E-state index contributed by atoms with van der Waals surface area (Å²) in [6, 6.07) is 12.4. The minimum atomic E-state index is -4.46. The molecule has 216 valence electrons. The Labute approximate surface area is 254 Å². The van der Waals surface area contributed by atoms with Gasteiger partial charge in [-0.2, -0.15) is 13.2 Å². The first kappa shape index (κ1) is 35.1. The number of benzene rings is 2. The Morgan fingerprint density at radius 1 is 1.13 bits per heavy atom. The van der Waals surface area contributed by atoms with Crippen LogP contribution in [0.4, 0.5) is 24.0 Å². The standard InChI is InChI=1S/C26H30ClF3N3O3S.CH4.HI/c1-4-36-24(34)17-33(2,3)12-14-35-13-11-32(22-10-6-8-20(16-22)26(28,29)30)25-31-23(18-37-25)19-7-5-9-21(27)15-19;;/h5-10,15-16,18H,4,11-14,17H2,1-3H3;1H4;1H/q+1;;/p-1. The highest BCUT2D eigenvalue weighted by Crippen LogP contribution is 2.36. The van der Waals surface area contributed by atoms with E-state index in [0.29, 0.717) is 45.8 Å². The third kappa shape index (κ3) is 10.9. The van der Waals surface area contributed by atoms with Crippen LogP contribution < -0.4 is 28.9 Å². The van der Waals surface area contributed by atoms with E-state index in [4.69, 9.17) is 21.1 Å². The molecule has 0 radical (unpaired) electrons. The zero-order valence-corrected chi connectivity index (χ0v) is 25.0. The van der Waals surface area contributed by atoms with Gasteiger partial charge in [-0.15, -0.1) is 11.3 Å². The molecule has 12 heteroatoms. The van der Waals surface area contributed by atoms with Gasteiger partial charge in [-0.3, -0.25) is 0 Å². The normalized spacial score (nSPS) is 11.4. The molecule has 0 saturated heterocycles. The molecule has 0 unspecified atom stereocenters. The van der Waals surface area contributed by atoms with Gasteiger partial charge in [0.25, 0.3) is 0 Å². The largest absolute Gasteiger partial charge is 1.00 e. The van der Waals surface area contributed by atoms with Crippen molar-refractivity contribution in [3.63, 3.8) is 0 Å². The molecule has 0 spiro atoms. The number of aromatic nitrogens is 1. The third-order valence-corrected chi connectivity index (χ3v) is 6.59. The number of quaternary nitrogens is 1. The Balaban J connectivity index is 0.00000380. The van der Waals surface area contributed by atoms with Crippen molar-refractivity contribution in [2.45, 2.75) is 20.5 Å². The maximum absolute atomic E-state index is 13.4. The number of nitrogens with zero attached hydrogens (tertiary/aromatic N) is 3. The lowest BCUT2D eigenvalue weighted by Gasteiger charge is -2.28. The molecule has 0 atom stereocenters. The number of carbonyl (C=O) groups is 1. The Morgan fingerprint density at radius 3 is 2.51 bits per heavy atom. The molecule has 39 heavy (non-hydrogen) atoms. The summed E-state index contributed by atoms with van der Waals surface area (Å²) < 4.78 is 51.4. The zero-order chi connectivity index (χ0) is 27.1. The van der Waals surface area contributed by atoms with Gasteiger partial charge >= 0.3 is 12.1 Å². The number of anilines is 2. The first-order chi connectivity index (χ1) is 17.5. The van der Waals surface area contributed by atoms with E-state index in [9.17, 15) is 18.0 Å². The van der Waals surface area contributed by atoms with Crippen molar-refractivity contribution in [1.29, 1.82) is 0 Å². The number of alkyl halides is 3. The highest BCUT2D eigenvalue weighted by atomic mass is 127. The van der Waals surface area contributed by atoms with Gasteiger partial charge in [0.2, 0.25) is 0 Å². The van der Waals surface area contributed by atoms with Crippen molar-refractivity contribution in [1.82, 2.24) is 4.98 Å². The van der Waals surface area contributed by atoms with E-state index in [-0.39, 0.29) is 57.1 Å². The molecule has 0 bridgehead atoms. The number of thiazole rings is 1. The molecule has 6 nitrogen and oxygen atoms in total. The summed E-state index contributed by atoms with van der Waals surface area (Å²) in [5.74, 6) is -0.275. The van der Waals surface area contributed by atoms with Gasteiger partial charge in [-0.1, -0.05) is 37.2 Å². The molecule has 0 aliphatic carbocycles. The summed E-state index contributed by atoms with van der Waals surface area (Å²) in [7, 11) is 3.81. The minimum Gasteiger partial charge on any atom is -1.00 e. The molecule has 1 heterocycles. The first-order valence-corrected chi connectivity index (χ1v) is 13.0. The summed E-state index contributed by atoms with van der Waals surface area (Å²) in [5, 5.41) is 2.95. The number of rotatable bonds is 12. The van der Waals surface area contributed by atoms with Crippen LogP contribution in [0.2, 0.25) is 5.02 Å². The molecule has 0 aliphatic rings. The quantitative estimate of drug-likeness (QED) is 0.124. The number of likely N-dealkylation sites (N-methyl/N-ethyl adjacent to an activating group) is 1. The molecule has 3 rings (SSSR count). The summed E-state index contributed by atoms with van der Waals surface area (Å²) in [6.07, 6.45) is -4.46. The molecular formula is C27H34ClF3IN3O3S. The number of hydrogen-bond acceptors (Lipinski definition) is 6. The van der Waals surface area contributed by atoms with Gasteiger partial charge in [0.1, 0.15) is 6.54 Å². The Kier molecular flexibility index (Phi) is 14.2. The summed E-state index contributed by atoms with van der Waals surface area (Å²) in [4.78, 5) is 18.2. The lowest BCUT2D eigenvalue weighted by molar-refractivity contribution is -0.883. The number of esters is 1. The SMILES string of the molecule is C.CCOC(=O)C[N+](C)(C)CCOCCN(c1cccc(C(F)(F)F)c1)c1nc(-c2cccc(Cl)c2)cs1.[I-]. The first-order valence-electron chi connectivity index (χ1n) is 11.7. The predicted molar refractivity (Wildman–Crippen MR) is 147 cm³/mol. The Morgan fingerprint density at radius 2 is 1.85 bits per heavy atom. The maximum atomic E-state index is 13.4. The second kappa shape index (κ2) is 15.8. The predicted octanol–water partition coefficient (Wildman–Crippen LogP) is 3.92. The maximum Gasteiger partial charge on any atom is 0.416 e. The van der Waals surface area contributed by atoms with Crippen molar-refractivity contribution < 1.29 is 55.9 Å². The van der Waals surface area contributed by atoms with Crippen LogP contribution in [0.5, 0.6) is 0 Å². The number of hydrogen-bond donors (Lipinski definition) is 0. The van der Waals surface area contributed by atoms with Crippen molar-refractivity contribution in [2.75, 3.05) is 58.5 Å². The molecule has 0 fully saturated rings. The van der Waals surface area contributed by atoms with E-state index in [2.05, 4.69) is 4.98 Å². The molecular weight excluding hydrogens is 666 g/mol. The van der Waals surface area contributed by atoms with Crippen molar-refractivity contribution in [3.05, 3.63) is 64.5 Å². The van der Waals surface area contributed by atoms with E-state index in [1.54, 1.807) is 30.0 Å². The van der Waals surface area contributed by atoms with E-state index < -0.39 is 11.7 Å². The lowest BCUT2D eigenvalue weighted by Crippen LogP contribution is -3.00. The van der Waals surface area contributed by atoms with Gasteiger partial charge in [-0.05, 0) is 37.3 Å². The van der Waals surface area contributed by atoms with Gasteiger partial charge in [0, 0.05) is 28.2 Å². The Bertz CT molecular complexity index is 1190. The van der Waals surface area contributed by atoms with Crippen LogP contribution >= 0.6 is 22.9 Å². The molecule has 3 aromatic rings. The van der Waals surface area contributed by atoms with Crippen LogP contribution in [0.15, 0.2) is 53.9 Å². The average molecular weight is 700 g/mol. The third-order valence-electron chi connectivity index (χ3n) is 5.49. The number of halogens is 5. The van der Waals surface area contributed by atoms with E-state index >= 15 is 0 Å². The second-order valence-electron chi connectivity index (χ2n) is 8.96. The molecule has 0 aliphatic heterocycles. The highest BCUT2D eigenvalue weighted by molar-refractivity contribution is 7.14. The van der Waals surface area contributed by atoms with Crippen LogP contribution in [-0.4, -0.2) is 69.0 Å². The summed E-state index contributed by atoms with van der Waals surface area (Å²) >= 11 is 7.44. The van der Waals surface area contributed by atoms with Gasteiger partial charge in [-0.25, -0.2) is 9.78 Å². The molecule has 0 amide bonds. The lowest BCUT2D eigenvalue weighted by atomic mass is 10.2. The fraction of sp³-hybridized carbons (Fsp3) is 0.407. The summed E-state index contributed by atoms with van der Waals surface area (Å²) in [6.45, 7) is 3.79. The van der Waals surface area contributed by atoms with Gasteiger partial charge < -0.3 is 42.8 Å². The molecule has 0 saturated carbocycles. The van der Waals surface area contributed by atoms with E-state index in [0.717, 1.165) is 17.7 Å². The fourth-order valence-electron chi connectivity index (χ4n) is 3.56. The Hall–Kier alpha value is -1.93. The average Bonchev–Trinajstić information content (AvgIpc) is 3.30. The number of ether oxygens (including phenoxy) is 2. The van der Waals surface area contributed by atoms with Gasteiger partial charge in [0.05, 0.1) is 45.2 Å². The van der Waals surface area contributed by atoms with Gasteiger partial charge in [0.15, 0.2) is 11.7 Å². The van der Waals surface area contributed by atoms with E-state index in [1.165, 1.54) is 17.4 Å². The van der Waals surface area contributed by atoms with Crippen LogP contribution in [0.1, 0.15) is 19.9 Å². The smallest absolute Gasteiger partial charge is 0.416 e. The topological polar surface area (TPSA) is 51.7 Å². The highest BCUT2D eigenvalue weighted by Gasteiger charge is 2.31. The van der Waals surface area contributed by atoms with Crippen molar-refractivity contribution in [3.8, 4) is 11.3 Å². The van der Waals surface area contributed by atoms with Crippen LogP contribution in [0.3, 0.4) is 0 Å². The van der Waals surface area contributed by atoms with Crippen molar-refractivity contribution in [2.24, 2.45) is 0 Å². The van der Waals surface area contributed by atoms with Crippen LogP contribution in [0, 0.1) is 0 Å². The molecule has 0 N–H and O–H groups in total. The zero-order valence-electron chi connectivity index (χ0n) is 21.3. The second-order valence-corrected chi connectivity index (χ2v) is 10.2. The van der Waals surface area contributed by atoms with Crippen molar-refractivity contribution >= 4 is 39.7 Å². The van der Waals surface area contributed by atoms with Crippen LogP contribution in [0.25, 0.3) is 11.3 Å². The minimum absolute atomic E-state index is 0. The number of carbonyl (C=O) groups excluding carboxylic acids is 1. The van der Waals surface area contributed by atoms with E-state index in [1.807, 2.05) is 31.6 Å². The fourth-order valence-corrected chi connectivity index (χ4v) is 4.63. The molecule has 1 aromatic heterocycles. The monoisotopic (exact) mass is 699 g/mol. The molecule has 2 aromatic carbocycles. The van der Waals surface area contributed by atoms with Crippen LogP contribution in [-0.2, 0) is 20.4 Å². The summed E-state index contributed by atoms with van der Waals surface area (Å²) in [5.41, 5.74) is 1.12.